The molecule has 1 aliphatic rings. The first-order valence-corrected chi connectivity index (χ1v) is 6.44. The van der Waals surface area contributed by atoms with Crippen molar-refractivity contribution in [3.63, 3.8) is 0 Å². The predicted octanol–water partition coefficient (Wildman–Crippen LogP) is 4.89. The normalized spacial score (nSPS) is 32.8. The minimum absolute atomic E-state index is 0.537. The van der Waals surface area contributed by atoms with Crippen LogP contribution in [0.2, 0.25) is 0 Å². The van der Waals surface area contributed by atoms with Gasteiger partial charge in [0.15, 0.2) is 0 Å². The third kappa shape index (κ3) is 3.29. The van der Waals surface area contributed by atoms with Crippen LogP contribution < -0.4 is 0 Å². The van der Waals surface area contributed by atoms with Gasteiger partial charge in [-0.2, -0.15) is 0 Å². The monoisotopic (exact) mass is 196 g/mol. The molecule has 0 amide bonds. The number of rotatable bonds is 4. The second-order valence-electron chi connectivity index (χ2n) is 6.50. The van der Waals surface area contributed by atoms with Gasteiger partial charge in [0.05, 0.1) is 0 Å². The number of hydrogen-bond acceptors (Lipinski definition) is 0. The molecule has 1 fully saturated rings. The van der Waals surface area contributed by atoms with Crippen molar-refractivity contribution in [2.24, 2.45) is 23.2 Å². The van der Waals surface area contributed by atoms with Gasteiger partial charge in [0, 0.05) is 0 Å². The SMILES string of the molecule is CCCC1CC(CCC(C)(C)C)C1C. The molecule has 0 aliphatic heterocycles. The van der Waals surface area contributed by atoms with Crippen LogP contribution in [0.15, 0.2) is 0 Å². The Balaban J connectivity index is 2.18. The second-order valence-corrected chi connectivity index (χ2v) is 6.50. The van der Waals surface area contributed by atoms with Crippen LogP contribution in [0.25, 0.3) is 0 Å². The zero-order chi connectivity index (χ0) is 10.8. The summed E-state index contributed by atoms with van der Waals surface area (Å²) < 4.78 is 0. The Morgan fingerprint density at radius 2 is 1.64 bits per heavy atom. The van der Waals surface area contributed by atoms with Crippen molar-refractivity contribution in [3.8, 4) is 0 Å². The molecular weight excluding hydrogens is 168 g/mol. The summed E-state index contributed by atoms with van der Waals surface area (Å²) in [5.41, 5.74) is 0.537. The van der Waals surface area contributed by atoms with Gasteiger partial charge >= 0.3 is 0 Å². The summed E-state index contributed by atoms with van der Waals surface area (Å²) >= 11 is 0. The van der Waals surface area contributed by atoms with Gasteiger partial charge < -0.3 is 0 Å². The minimum Gasteiger partial charge on any atom is -0.0654 e. The summed E-state index contributed by atoms with van der Waals surface area (Å²) in [5.74, 6) is 3.12. The van der Waals surface area contributed by atoms with E-state index in [1.807, 2.05) is 0 Å². The largest absolute Gasteiger partial charge is 0.0654 e. The Bertz CT molecular complexity index is 163. The lowest BCUT2D eigenvalue weighted by Gasteiger charge is -2.44. The molecule has 1 aliphatic carbocycles. The van der Waals surface area contributed by atoms with Crippen LogP contribution >= 0.6 is 0 Å². The average molecular weight is 196 g/mol. The van der Waals surface area contributed by atoms with E-state index < -0.39 is 0 Å². The molecule has 0 bridgehead atoms. The van der Waals surface area contributed by atoms with Crippen molar-refractivity contribution in [3.05, 3.63) is 0 Å². The molecule has 0 N–H and O–H groups in total. The topological polar surface area (TPSA) is 0 Å². The first kappa shape index (κ1) is 12.1. The summed E-state index contributed by atoms with van der Waals surface area (Å²) in [6.45, 7) is 11.9. The average Bonchev–Trinajstić information content (AvgIpc) is 2.07. The standard InChI is InChI=1S/C14H28/c1-6-7-12-10-13(11(12)2)8-9-14(3,4)5/h11-13H,6-10H2,1-5H3. The smallest absolute Gasteiger partial charge is 0.0383 e. The van der Waals surface area contributed by atoms with E-state index in [9.17, 15) is 0 Å². The van der Waals surface area contributed by atoms with E-state index >= 15 is 0 Å². The first-order chi connectivity index (χ1) is 6.44. The van der Waals surface area contributed by atoms with Crippen molar-refractivity contribution < 1.29 is 0 Å². The quantitative estimate of drug-likeness (QED) is 0.601. The third-order valence-electron chi connectivity index (χ3n) is 4.02. The van der Waals surface area contributed by atoms with Gasteiger partial charge in [-0.15, -0.1) is 0 Å². The molecule has 84 valence electrons. The van der Waals surface area contributed by atoms with Crippen LogP contribution in [-0.2, 0) is 0 Å². The molecule has 0 aromatic heterocycles. The highest BCUT2D eigenvalue weighted by molar-refractivity contribution is 4.86. The molecular formula is C14H28. The Hall–Kier alpha value is 0. The molecule has 0 saturated heterocycles. The van der Waals surface area contributed by atoms with Crippen molar-refractivity contribution in [2.75, 3.05) is 0 Å². The van der Waals surface area contributed by atoms with E-state index in [4.69, 9.17) is 0 Å². The van der Waals surface area contributed by atoms with Crippen molar-refractivity contribution in [1.82, 2.24) is 0 Å². The van der Waals surface area contributed by atoms with Gasteiger partial charge in [-0.05, 0) is 42.4 Å². The highest BCUT2D eigenvalue weighted by Crippen LogP contribution is 2.46. The molecule has 3 unspecified atom stereocenters. The van der Waals surface area contributed by atoms with Gasteiger partial charge in [0.1, 0.15) is 0 Å². The highest BCUT2D eigenvalue weighted by Gasteiger charge is 2.36. The van der Waals surface area contributed by atoms with E-state index in [-0.39, 0.29) is 0 Å². The fourth-order valence-electron chi connectivity index (χ4n) is 2.76. The summed E-state index contributed by atoms with van der Waals surface area (Å²) in [5, 5.41) is 0. The van der Waals surface area contributed by atoms with Gasteiger partial charge in [-0.1, -0.05) is 47.5 Å². The third-order valence-corrected chi connectivity index (χ3v) is 4.02. The Morgan fingerprint density at radius 1 is 1.07 bits per heavy atom. The second kappa shape index (κ2) is 4.68. The molecule has 14 heavy (non-hydrogen) atoms. The molecule has 1 rings (SSSR count). The lowest BCUT2D eigenvalue weighted by molar-refractivity contribution is 0.0624. The molecule has 0 heterocycles. The lowest BCUT2D eigenvalue weighted by atomic mass is 9.62. The maximum atomic E-state index is 2.47. The molecule has 0 aromatic carbocycles. The van der Waals surface area contributed by atoms with E-state index in [0.29, 0.717) is 5.41 Å². The van der Waals surface area contributed by atoms with Gasteiger partial charge in [0.25, 0.3) is 0 Å². The Kier molecular flexibility index (Phi) is 4.04. The van der Waals surface area contributed by atoms with Crippen LogP contribution in [0.1, 0.15) is 66.7 Å². The molecule has 0 aromatic rings. The van der Waals surface area contributed by atoms with Crippen LogP contribution in [0.4, 0.5) is 0 Å². The van der Waals surface area contributed by atoms with E-state index in [0.717, 1.165) is 17.8 Å². The van der Waals surface area contributed by atoms with Crippen molar-refractivity contribution in [2.45, 2.75) is 66.7 Å². The van der Waals surface area contributed by atoms with E-state index in [1.54, 1.807) is 0 Å². The first-order valence-electron chi connectivity index (χ1n) is 6.44. The summed E-state index contributed by atoms with van der Waals surface area (Å²) in [4.78, 5) is 0. The summed E-state index contributed by atoms with van der Waals surface area (Å²) in [7, 11) is 0. The predicted molar refractivity (Wildman–Crippen MR) is 64.4 cm³/mol. The minimum atomic E-state index is 0.537. The molecule has 0 spiro atoms. The molecule has 0 nitrogen and oxygen atoms in total. The van der Waals surface area contributed by atoms with Crippen LogP contribution in [-0.4, -0.2) is 0 Å². The van der Waals surface area contributed by atoms with Crippen LogP contribution in [0.5, 0.6) is 0 Å². The molecule has 1 saturated carbocycles. The highest BCUT2D eigenvalue weighted by atomic mass is 14.4. The fourth-order valence-corrected chi connectivity index (χ4v) is 2.76. The van der Waals surface area contributed by atoms with E-state index in [1.165, 1.54) is 32.1 Å². The van der Waals surface area contributed by atoms with Gasteiger partial charge in [0.2, 0.25) is 0 Å². The summed E-state index contributed by atoms with van der Waals surface area (Å²) in [6, 6.07) is 0. The van der Waals surface area contributed by atoms with E-state index in [2.05, 4.69) is 34.6 Å². The zero-order valence-corrected chi connectivity index (χ0v) is 10.8. The fraction of sp³-hybridized carbons (Fsp3) is 1.00. The summed E-state index contributed by atoms with van der Waals surface area (Å²) in [6.07, 6.45) is 7.23. The number of hydrogen-bond donors (Lipinski definition) is 0. The van der Waals surface area contributed by atoms with Gasteiger partial charge in [-0.3, -0.25) is 0 Å². The van der Waals surface area contributed by atoms with Crippen LogP contribution in [0, 0.1) is 23.2 Å². The van der Waals surface area contributed by atoms with Gasteiger partial charge in [-0.25, -0.2) is 0 Å². The zero-order valence-electron chi connectivity index (χ0n) is 10.8. The van der Waals surface area contributed by atoms with Crippen molar-refractivity contribution >= 4 is 0 Å². The molecule has 0 heteroatoms. The molecule has 3 atom stereocenters. The Labute approximate surface area is 90.5 Å². The maximum Gasteiger partial charge on any atom is -0.0383 e. The lowest BCUT2D eigenvalue weighted by Crippen LogP contribution is -2.35. The Morgan fingerprint density at radius 3 is 2.07 bits per heavy atom. The maximum absolute atomic E-state index is 2.47. The van der Waals surface area contributed by atoms with Crippen LogP contribution in [0.3, 0.4) is 0 Å². The van der Waals surface area contributed by atoms with Crippen molar-refractivity contribution in [1.29, 1.82) is 0 Å². The molecule has 0 radical (unpaired) electrons.